The van der Waals surface area contributed by atoms with Crippen molar-refractivity contribution in [3.8, 4) is 11.4 Å². The third-order valence-corrected chi connectivity index (χ3v) is 6.85. The third kappa shape index (κ3) is 4.34. The molecule has 8 nitrogen and oxygen atoms in total. The van der Waals surface area contributed by atoms with Crippen LogP contribution in [0.5, 0.6) is 5.75 Å². The van der Waals surface area contributed by atoms with Crippen molar-refractivity contribution in [3.05, 3.63) is 88.4 Å². The summed E-state index contributed by atoms with van der Waals surface area (Å²) < 4.78 is 21.2. The summed E-state index contributed by atoms with van der Waals surface area (Å²) in [4.78, 5) is 11.1. The lowest BCUT2D eigenvalue weighted by molar-refractivity contribution is 0.218. The highest BCUT2D eigenvalue weighted by Gasteiger charge is 2.42. The number of methoxy groups -OCH3 is 1. The second-order valence-corrected chi connectivity index (χ2v) is 9.34. The average molecular weight is 510 g/mol. The molecule has 1 aromatic heterocycles. The van der Waals surface area contributed by atoms with Crippen LogP contribution in [0.2, 0.25) is 5.15 Å². The van der Waals surface area contributed by atoms with Crippen molar-refractivity contribution < 1.29 is 9.13 Å². The molecule has 36 heavy (non-hydrogen) atoms. The van der Waals surface area contributed by atoms with Crippen LogP contribution >= 0.6 is 11.6 Å². The normalized spacial score (nSPS) is 23.3. The van der Waals surface area contributed by atoms with E-state index >= 15 is 0 Å². The first-order valence-corrected chi connectivity index (χ1v) is 12.2. The van der Waals surface area contributed by atoms with Gasteiger partial charge in [-0.05, 0) is 50.2 Å². The van der Waals surface area contributed by atoms with Gasteiger partial charge in [-0.3, -0.25) is 15.6 Å². The van der Waals surface area contributed by atoms with Gasteiger partial charge >= 0.3 is 0 Å². The molecule has 2 aliphatic heterocycles. The number of hydrogen-bond acceptors (Lipinski definition) is 6. The van der Waals surface area contributed by atoms with Crippen molar-refractivity contribution >= 4 is 17.4 Å². The molecular weight excluding hydrogens is 481 g/mol. The van der Waals surface area contributed by atoms with Gasteiger partial charge in [-0.15, -0.1) is 0 Å². The summed E-state index contributed by atoms with van der Waals surface area (Å²) in [5.74, 6) is -0.0581. The predicted molar refractivity (Wildman–Crippen MR) is 139 cm³/mol. The van der Waals surface area contributed by atoms with Gasteiger partial charge in [0.1, 0.15) is 28.9 Å². The first-order valence-electron chi connectivity index (χ1n) is 11.8. The van der Waals surface area contributed by atoms with Crippen molar-refractivity contribution in [2.24, 2.45) is 10.7 Å². The zero-order chi connectivity index (χ0) is 25.4. The summed E-state index contributed by atoms with van der Waals surface area (Å²) in [5.41, 5.74) is 11.6. The second kappa shape index (κ2) is 9.57. The van der Waals surface area contributed by atoms with Crippen LogP contribution in [0.4, 0.5) is 4.39 Å². The summed E-state index contributed by atoms with van der Waals surface area (Å²) >= 11 is 6.02. The largest absolute Gasteiger partial charge is 0.495 e. The van der Waals surface area contributed by atoms with E-state index < -0.39 is 5.79 Å². The Morgan fingerprint density at radius 1 is 1.25 bits per heavy atom. The Morgan fingerprint density at radius 3 is 2.69 bits per heavy atom. The minimum Gasteiger partial charge on any atom is -0.495 e. The molecule has 2 aliphatic rings. The summed E-state index contributed by atoms with van der Waals surface area (Å²) in [6, 6.07) is 12.2. The summed E-state index contributed by atoms with van der Waals surface area (Å²) in [6.45, 7) is 3.44. The number of rotatable bonds is 5. The van der Waals surface area contributed by atoms with Crippen LogP contribution in [0.15, 0.2) is 71.3 Å². The maximum atomic E-state index is 13.7. The van der Waals surface area contributed by atoms with Crippen LogP contribution in [0.3, 0.4) is 0 Å². The van der Waals surface area contributed by atoms with E-state index in [1.165, 1.54) is 12.1 Å². The molecule has 4 N–H and O–H groups in total. The molecule has 0 bridgehead atoms. The molecule has 0 spiro atoms. The van der Waals surface area contributed by atoms with Crippen LogP contribution in [0.25, 0.3) is 5.69 Å². The number of ether oxygens (including phenoxy) is 1. The van der Waals surface area contributed by atoms with Gasteiger partial charge < -0.3 is 19.9 Å². The number of hydrogen-bond donors (Lipinski definition) is 3. The van der Waals surface area contributed by atoms with E-state index in [-0.39, 0.29) is 11.9 Å². The molecule has 3 heterocycles. The Labute approximate surface area is 214 Å². The van der Waals surface area contributed by atoms with Gasteiger partial charge in [0.25, 0.3) is 0 Å². The molecule has 10 heteroatoms. The first-order chi connectivity index (χ1) is 17.3. The Morgan fingerprint density at radius 2 is 2.03 bits per heavy atom. The van der Waals surface area contributed by atoms with Crippen LogP contribution in [-0.2, 0) is 5.79 Å². The van der Waals surface area contributed by atoms with Crippen molar-refractivity contribution in [2.45, 2.75) is 25.2 Å². The summed E-state index contributed by atoms with van der Waals surface area (Å²) in [7, 11) is 3.67. The van der Waals surface area contributed by atoms with Crippen molar-refractivity contribution in [1.82, 2.24) is 25.1 Å². The monoisotopic (exact) mass is 509 g/mol. The smallest absolute Gasteiger partial charge is 0.190 e. The summed E-state index contributed by atoms with van der Waals surface area (Å²) in [6.07, 6.45) is 4.15. The molecule has 3 aromatic rings. The molecule has 0 amide bonds. The average Bonchev–Trinajstić information content (AvgIpc) is 3.30. The fraction of sp³-hybridized carbons (Fsp3) is 0.308. The quantitative estimate of drug-likeness (QED) is 0.486. The number of halogens is 2. The van der Waals surface area contributed by atoms with Crippen molar-refractivity contribution in [1.29, 1.82) is 0 Å². The molecule has 188 valence electrons. The third-order valence-electron chi connectivity index (χ3n) is 6.65. The minimum absolute atomic E-state index is 0.129. The number of aliphatic imine (C=N–C) groups is 1. The fourth-order valence-electron chi connectivity index (χ4n) is 4.90. The topological polar surface area (TPSA) is 92.7 Å². The molecule has 2 aromatic carbocycles. The van der Waals surface area contributed by atoms with Gasteiger partial charge in [0.2, 0.25) is 0 Å². The van der Waals surface area contributed by atoms with Gasteiger partial charge in [-0.25, -0.2) is 9.37 Å². The second-order valence-electron chi connectivity index (χ2n) is 8.95. The SMILES string of the molecule is CCN=C1NC(N)(c2ccc(-n3cnc(Cl)c3)c(OC)c2)NC2=C1CCN(C)C2c1ccc(F)cc1. The van der Waals surface area contributed by atoms with E-state index in [1.807, 2.05) is 37.3 Å². The van der Waals surface area contributed by atoms with Gasteiger partial charge in [0.15, 0.2) is 5.79 Å². The number of nitrogens with two attached hydrogens (primary N) is 1. The molecule has 0 fully saturated rings. The Hall–Kier alpha value is -3.40. The lowest BCUT2D eigenvalue weighted by Crippen LogP contribution is -2.67. The lowest BCUT2D eigenvalue weighted by atomic mass is 9.89. The minimum atomic E-state index is -1.16. The molecule has 0 aliphatic carbocycles. The molecule has 5 rings (SSSR count). The number of aromatic nitrogens is 2. The zero-order valence-electron chi connectivity index (χ0n) is 20.4. The van der Waals surface area contributed by atoms with E-state index in [0.717, 1.165) is 46.9 Å². The highest BCUT2D eigenvalue weighted by Crippen LogP contribution is 2.38. The van der Waals surface area contributed by atoms with Crippen molar-refractivity contribution in [3.63, 3.8) is 0 Å². The Balaban J connectivity index is 1.59. The zero-order valence-corrected chi connectivity index (χ0v) is 21.2. The number of nitrogens with zero attached hydrogens (tertiary/aromatic N) is 4. The first kappa shape index (κ1) is 24.3. The number of amidine groups is 1. The molecule has 2 unspecified atom stereocenters. The lowest BCUT2D eigenvalue weighted by Gasteiger charge is -2.47. The maximum absolute atomic E-state index is 13.7. The van der Waals surface area contributed by atoms with E-state index in [2.05, 4.69) is 27.6 Å². The summed E-state index contributed by atoms with van der Waals surface area (Å²) in [5, 5.41) is 7.41. The molecule has 0 saturated heterocycles. The Kier molecular flexibility index (Phi) is 6.46. The number of benzene rings is 2. The van der Waals surface area contributed by atoms with Crippen LogP contribution < -0.4 is 21.1 Å². The van der Waals surface area contributed by atoms with Crippen molar-refractivity contribution in [2.75, 3.05) is 27.2 Å². The van der Waals surface area contributed by atoms with E-state index in [1.54, 1.807) is 24.2 Å². The van der Waals surface area contributed by atoms with Crippen LogP contribution in [0, 0.1) is 5.82 Å². The Bertz CT molecular complexity index is 1340. The van der Waals surface area contributed by atoms with Gasteiger partial charge in [0.05, 0.1) is 18.8 Å². The van der Waals surface area contributed by atoms with E-state index in [4.69, 9.17) is 27.1 Å². The van der Waals surface area contributed by atoms with Gasteiger partial charge in [-0.2, -0.15) is 0 Å². The van der Waals surface area contributed by atoms with Gasteiger partial charge in [-0.1, -0.05) is 29.8 Å². The maximum Gasteiger partial charge on any atom is 0.190 e. The fourth-order valence-corrected chi connectivity index (χ4v) is 5.05. The highest BCUT2D eigenvalue weighted by molar-refractivity contribution is 6.29. The van der Waals surface area contributed by atoms with Crippen LogP contribution in [0.1, 0.15) is 30.5 Å². The molecular formula is C26H29ClFN7O. The number of nitrogens with one attached hydrogen (secondary N) is 2. The van der Waals surface area contributed by atoms with Gasteiger partial charge in [0, 0.05) is 36.1 Å². The number of imidazole rings is 1. The van der Waals surface area contributed by atoms with E-state index in [0.29, 0.717) is 17.4 Å². The highest BCUT2D eigenvalue weighted by atomic mass is 35.5. The predicted octanol–water partition coefficient (Wildman–Crippen LogP) is 3.68. The molecule has 0 saturated carbocycles. The molecule has 0 radical (unpaired) electrons. The van der Waals surface area contributed by atoms with Crippen LogP contribution in [-0.4, -0.2) is 47.5 Å². The number of likely N-dealkylation sites (N-methyl/N-ethyl adjacent to an activating group) is 1. The standard InChI is InChI=1S/C26H29ClFN7O/c1-4-30-25-19-11-12-34(2)24(16-5-8-18(28)9-6-16)23(19)32-26(29,33-25)17-7-10-20(21(13-17)36-3)35-14-22(27)31-15-35/h5-10,13-15,24,32H,4,11-12,29H2,1-3H3,(H,30,33). The molecule has 2 atom stereocenters. The van der Waals surface area contributed by atoms with E-state index in [9.17, 15) is 4.39 Å².